The molecule has 2 aromatic heterocycles. The van der Waals surface area contributed by atoms with Crippen LogP contribution >= 0.6 is 11.3 Å². The van der Waals surface area contributed by atoms with Crippen LogP contribution in [0.5, 0.6) is 0 Å². The summed E-state index contributed by atoms with van der Waals surface area (Å²) in [7, 11) is 1.53. The van der Waals surface area contributed by atoms with E-state index in [1.807, 2.05) is 17.5 Å². The first-order chi connectivity index (χ1) is 8.59. The van der Waals surface area contributed by atoms with E-state index in [1.165, 1.54) is 29.3 Å². The Morgan fingerprint density at radius 1 is 1.56 bits per heavy atom. The summed E-state index contributed by atoms with van der Waals surface area (Å²) >= 11 is 1.52. The summed E-state index contributed by atoms with van der Waals surface area (Å²) in [6.07, 6.45) is 1.17. The Hall–Kier alpha value is -2.15. The Bertz CT molecular complexity index is 574. The molecule has 0 aliphatic heterocycles. The molecule has 0 aromatic carbocycles. The molecule has 6 nitrogen and oxygen atoms in total. The molecule has 1 amide bonds. The van der Waals surface area contributed by atoms with E-state index in [0.29, 0.717) is 6.54 Å². The van der Waals surface area contributed by atoms with Crippen molar-refractivity contribution < 1.29 is 14.7 Å². The second-order valence-electron chi connectivity index (χ2n) is 3.60. The van der Waals surface area contributed by atoms with E-state index in [9.17, 15) is 9.59 Å². The lowest BCUT2D eigenvalue weighted by atomic mass is 10.2. The summed E-state index contributed by atoms with van der Waals surface area (Å²) < 4.78 is 1.26. The molecule has 7 heteroatoms. The number of carboxylic acid groups (broad SMARTS) is 1. The first kappa shape index (κ1) is 12.3. The van der Waals surface area contributed by atoms with Gasteiger partial charge in [0.2, 0.25) is 0 Å². The Labute approximate surface area is 107 Å². The predicted octanol–water partition coefficient (Wildman–Crippen LogP) is 1.11. The number of nitrogens with one attached hydrogen (secondary N) is 1. The molecular weight excluding hydrogens is 254 g/mol. The summed E-state index contributed by atoms with van der Waals surface area (Å²) in [6.45, 7) is 0.376. The van der Waals surface area contributed by atoms with Crippen LogP contribution in [0, 0.1) is 0 Å². The lowest BCUT2D eigenvalue weighted by Crippen LogP contribution is -2.26. The van der Waals surface area contributed by atoms with Crippen molar-refractivity contribution in [3.63, 3.8) is 0 Å². The van der Waals surface area contributed by atoms with E-state index in [4.69, 9.17) is 5.11 Å². The van der Waals surface area contributed by atoms with Gasteiger partial charge in [0.05, 0.1) is 12.7 Å². The molecule has 0 spiro atoms. The third kappa shape index (κ3) is 2.40. The number of aromatic nitrogens is 2. The minimum Gasteiger partial charge on any atom is -0.478 e. The van der Waals surface area contributed by atoms with Gasteiger partial charge in [0.25, 0.3) is 5.91 Å². The molecule has 2 rings (SSSR count). The van der Waals surface area contributed by atoms with E-state index in [2.05, 4.69) is 10.4 Å². The van der Waals surface area contributed by atoms with E-state index in [0.717, 1.165) is 4.88 Å². The second kappa shape index (κ2) is 5.01. The first-order valence-electron chi connectivity index (χ1n) is 5.15. The van der Waals surface area contributed by atoms with Crippen LogP contribution in [-0.2, 0) is 13.6 Å². The highest BCUT2D eigenvalue weighted by Crippen LogP contribution is 2.10. The lowest BCUT2D eigenvalue weighted by molar-refractivity contribution is 0.0690. The van der Waals surface area contributed by atoms with Gasteiger partial charge in [-0.2, -0.15) is 5.10 Å². The van der Waals surface area contributed by atoms with Crippen molar-refractivity contribution in [2.45, 2.75) is 6.54 Å². The molecule has 0 bridgehead atoms. The highest BCUT2D eigenvalue weighted by Gasteiger charge is 2.21. The molecule has 2 N–H and O–H groups in total. The Morgan fingerprint density at radius 2 is 2.33 bits per heavy atom. The maximum atomic E-state index is 11.9. The predicted molar refractivity (Wildman–Crippen MR) is 65.7 cm³/mol. The fourth-order valence-electron chi connectivity index (χ4n) is 1.53. The molecule has 0 radical (unpaired) electrons. The quantitative estimate of drug-likeness (QED) is 0.867. The van der Waals surface area contributed by atoms with Gasteiger partial charge in [-0.05, 0) is 11.4 Å². The number of amides is 1. The Kier molecular flexibility index (Phi) is 3.42. The van der Waals surface area contributed by atoms with Crippen molar-refractivity contribution in [1.29, 1.82) is 0 Å². The highest BCUT2D eigenvalue weighted by molar-refractivity contribution is 7.09. The number of carbonyl (C=O) groups excluding carboxylic acids is 1. The SMILES string of the molecule is Cn1ncc(C(=O)O)c1C(=O)NCc1cccs1. The van der Waals surface area contributed by atoms with Crippen molar-refractivity contribution in [3.8, 4) is 0 Å². The minimum absolute atomic E-state index is 0.0547. The number of nitrogens with zero attached hydrogens (tertiary/aromatic N) is 2. The first-order valence-corrected chi connectivity index (χ1v) is 6.03. The molecule has 0 saturated carbocycles. The zero-order valence-electron chi connectivity index (χ0n) is 9.58. The number of aromatic carboxylic acids is 1. The molecule has 0 unspecified atom stereocenters. The number of rotatable bonds is 4. The molecule has 0 fully saturated rings. The second-order valence-corrected chi connectivity index (χ2v) is 4.63. The summed E-state index contributed by atoms with van der Waals surface area (Å²) in [6, 6.07) is 3.78. The smallest absolute Gasteiger partial charge is 0.339 e. The molecule has 0 aliphatic carbocycles. The number of carboxylic acids is 1. The number of carbonyl (C=O) groups is 2. The van der Waals surface area contributed by atoms with Gasteiger partial charge < -0.3 is 10.4 Å². The van der Waals surface area contributed by atoms with Crippen molar-refractivity contribution in [3.05, 3.63) is 39.8 Å². The van der Waals surface area contributed by atoms with Crippen LogP contribution in [0.25, 0.3) is 0 Å². The largest absolute Gasteiger partial charge is 0.478 e. The minimum atomic E-state index is -1.16. The molecule has 0 atom stereocenters. The van der Waals surface area contributed by atoms with Crippen LogP contribution < -0.4 is 5.32 Å². The maximum absolute atomic E-state index is 11.9. The zero-order chi connectivity index (χ0) is 13.1. The average molecular weight is 265 g/mol. The third-order valence-corrected chi connectivity index (χ3v) is 3.26. The molecule has 94 valence electrons. The van der Waals surface area contributed by atoms with Gasteiger partial charge in [-0.1, -0.05) is 6.07 Å². The van der Waals surface area contributed by atoms with Gasteiger partial charge in [0, 0.05) is 11.9 Å². The van der Waals surface area contributed by atoms with Gasteiger partial charge in [0.1, 0.15) is 11.3 Å². The highest BCUT2D eigenvalue weighted by atomic mass is 32.1. The molecule has 2 heterocycles. The summed E-state index contributed by atoms with van der Waals surface area (Å²) in [5.41, 5.74) is -0.0414. The monoisotopic (exact) mass is 265 g/mol. The summed E-state index contributed by atoms with van der Waals surface area (Å²) in [4.78, 5) is 23.9. The molecule has 0 aliphatic rings. The topological polar surface area (TPSA) is 84.2 Å². The van der Waals surface area contributed by atoms with Crippen molar-refractivity contribution in [2.24, 2.45) is 7.05 Å². The van der Waals surface area contributed by atoms with E-state index >= 15 is 0 Å². The lowest BCUT2D eigenvalue weighted by Gasteiger charge is -2.05. The molecule has 18 heavy (non-hydrogen) atoms. The fraction of sp³-hybridized carbons (Fsp3) is 0.182. The number of hydrogen-bond donors (Lipinski definition) is 2. The molecular formula is C11H11N3O3S. The fourth-order valence-corrected chi connectivity index (χ4v) is 2.17. The van der Waals surface area contributed by atoms with E-state index in [1.54, 1.807) is 0 Å². The zero-order valence-corrected chi connectivity index (χ0v) is 10.4. The van der Waals surface area contributed by atoms with E-state index < -0.39 is 11.9 Å². The van der Waals surface area contributed by atoms with Crippen molar-refractivity contribution in [2.75, 3.05) is 0 Å². The van der Waals surface area contributed by atoms with Gasteiger partial charge in [-0.15, -0.1) is 11.3 Å². The van der Waals surface area contributed by atoms with E-state index in [-0.39, 0.29) is 11.3 Å². The van der Waals surface area contributed by atoms with Gasteiger partial charge >= 0.3 is 5.97 Å². The molecule has 2 aromatic rings. The van der Waals surface area contributed by atoms with Crippen LogP contribution in [0.4, 0.5) is 0 Å². The summed E-state index contributed by atoms with van der Waals surface area (Å²) in [5.74, 6) is -1.61. The number of aryl methyl sites for hydroxylation is 1. The van der Waals surface area contributed by atoms with Crippen LogP contribution in [0.1, 0.15) is 25.7 Å². The van der Waals surface area contributed by atoms with Gasteiger partial charge in [-0.25, -0.2) is 4.79 Å². The standard InChI is InChI=1S/C11H11N3O3S/c1-14-9(8(6-13-14)11(16)17)10(15)12-5-7-3-2-4-18-7/h2-4,6H,5H2,1H3,(H,12,15)(H,16,17). The van der Waals surface area contributed by atoms with Crippen LogP contribution in [-0.4, -0.2) is 26.8 Å². The molecule has 0 saturated heterocycles. The van der Waals surface area contributed by atoms with Crippen molar-refractivity contribution in [1.82, 2.24) is 15.1 Å². The number of hydrogen-bond acceptors (Lipinski definition) is 4. The Morgan fingerprint density at radius 3 is 2.94 bits per heavy atom. The Balaban J connectivity index is 2.13. The van der Waals surface area contributed by atoms with Crippen LogP contribution in [0.2, 0.25) is 0 Å². The maximum Gasteiger partial charge on any atom is 0.339 e. The normalized spacial score (nSPS) is 10.3. The van der Waals surface area contributed by atoms with Crippen molar-refractivity contribution >= 4 is 23.2 Å². The number of thiophene rings is 1. The van der Waals surface area contributed by atoms with Gasteiger partial charge in [0.15, 0.2) is 0 Å². The third-order valence-electron chi connectivity index (χ3n) is 2.39. The summed E-state index contributed by atoms with van der Waals surface area (Å²) in [5, 5.41) is 17.3. The van der Waals surface area contributed by atoms with Gasteiger partial charge in [-0.3, -0.25) is 9.48 Å². The van der Waals surface area contributed by atoms with Crippen LogP contribution in [0.3, 0.4) is 0 Å². The average Bonchev–Trinajstić information content (AvgIpc) is 2.94. The van der Waals surface area contributed by atoms with Crippen LogP contribution in [0.15, 0.2) is 23.7 Å².